The topological polar surface area (TPSA) is 66.5 Å². The van der Waals surface area contributed by atoms with Crippen molar-refractivity contribution in [1.82, 2.24) is 9.62 Å². The molecule has 1 rings (SSSR count). The van der Waals surface area contributed by atoms with E-state index in [2.05, 4.69) is 5.32 Å². The van der Waals surface area contributed by atoms with Crippen molar-refractivity contribution in [3.05, 3.63) is 35.4 Å². The molecule has 0 saturated heterocycles. The molecule has 0 aliphatic heterocycles. The Hall–Kier alpha value is -1.40. The number of hydrogen-bond acceptors (Lipinski definition) is 3. The lowest BCUT2D eigenvalue weighted by atomic mass is 10.1. The third-order valence-electron chi connectivity index (χ3n) is 3.65. The molecule has 1 amide bonds. The molecule has 0 heterocycles. The summed E-state index contributed by atoms with van der Waals surface area (Å²) in [5, 5.41) is 2.78. The molecule has 124 valence electrons. The predicted octanol–water partition coefficient (Wildman–Crippen LogP) is 1.71. The highest BCUT2D eigenvalue weighted by Gasteiger charge is 2.21. The molecular weight excluding hydrogens is 300 g/mol. The number of aryl methyl sites for hydroxylation is 1. The van der Waals surface area contributed by atoms with E-state index in [-0.39, 0.29) is 11.9 Å². The first-order chi connectivity index (χ1) is 10.2. The van der Waals surface area contributed by atoms with Gasteiger partial charge in [-0.3, -0.25) is 4.79 Å². The number of nitrogens with zero attached hydrogens (tertiary/aromatic N) is 1. The molecule has 0 aromatic heterocycles. The zero-order chi connectivity index (χ0) is 16.8. The highest BCUT2D eigenvalue weighted by molar-refractivity contribution is 7.88. The normalized spacial score (nSPS) is 13.1. The van der Waals surface area contributed by atoms with E-state index in [1.807, 2.05) is 45.0 Å². The molecule has 22 heavy (non-hydrogen) atoms. The van der Waals surface area contributed by atoms with Crippen LogP contribution in [0.5, 0.6) is 0 Å². The predicted molar refractivity (Wildman–Crippen MR) is 89.2 cm³/mol. The van der Waals surface area contributed by atoms with Crippen molar-refractivity contribution in [2.24, 2.45) is 0 Å². The Morgan fingerprint density at radius 2 is 1.86 bits per heavy atom. The van der Waals surface area contributed by atoms with Crippen LogP contribution in [0.15, 0.2) is 24.3 Å². The molecule has 0 aliphatic rings. The van der Waals surface area contributed by atoms with Crippen LogP contribution in [0.3, 0.4) is 0 Å². The van der Waals surface area contributed by atoms with Crippen molar-refractivity contribution in [3.8, 4) is 0 Å². The van der Waals surface area contributed by atoms with E-state index in [0.717, 1.165) is 17.5 Å². The van der Waals surface area contributed by atoms with Gasteiger partial charge in [0.05, 0.1) is 12.7 Å². The van der Waals surface area contributed by atoms with Gasteiger partial charge in [0.1, 0.15) is 0 Å². The Morgan fingerprint density at radius 1 is 1.27 bits per heavy atom. The largest absolute Gasteiger partial charge is 0.354 e. The molecule has 0 radical (unpaired) electrons. The first-order valence-electron chi connectivity index (χ1n) is 7.53. The Bertz CT molecular complexity index is 582. The van der Waals surface area contributed by atoms with Gasteiger partial charge in [0.15, 0.2) is 0 Å². The molecule has 1 unspecified atom stereocenters. The maximum Gasteiger partial charge on any atom is 0.224 e. The average molecular weight is 326 g/mol. The molecule has 1 aromatic rings. The molecule has 0 fully saturated rings. The number of carbonyl (C=O) groups is 1. The maximum absolute atomic E-state index is 11.9. The van der Waals surface area contributed by atoms with Gasteiger partial charge in [-0.1, -0.05) is 36.8 Å². The van der Waals surface area contributed by atoms with Crippen molar-refractivity contribution in [3.63, 3.8) is 0 Å². The quantitative estimate of drug-likeness (QED) is 0.791. The first kappa shape index (κ1) is 18.6. The number of nitrogens with one attached hydrogen (secondary N) is 1. The summed E-state index contributed by atoms with van der Waals surface area (Å²) in [5.74, 6) is -0.0959. The lowest BCUT2D eigenvalue weighted by Crippen LogP contribution is -2.43. The van der Waals surface area contributed by atoms with Crippen LogP contribution in [0.25, 0.3) is 0 Å². The summed E-state index contributed by atoms with van der Waals surface area (Å²) >= 11 is 0. The van der Waals surface area contributed by atoms with Crippen LogP contribution >= 0.6 is 0 Å². The molecule has 0 aliphatic carbocycles. The van der Waals surface area contributed by atoms with Gasteiger partial charge >= 0.3 is 0 Å². The highest BCUT2D eigenvalue weighted by Crippen LogP contribution is 2.08. The van der Waals surface area contributed by atoms with E-state index < -0.39 is 10.0 Å². The van der Waals surface area contributed by atoms with Gasteiger partial charge in [-0.25, -0.2) is 8.42 Å². The molecule has 1 atom stereocenters. The van der Waals surface area contributed by atoms with Gasteiger partial charge in [0, 0.05) is 19.1 Å². The number of rotatable bonds is 8. The van der Waals surface area contributed by atoms with Crippen LogP contribution in [-0.2, 0) is 21.2 Å². The zero-order valence-corrected chi connectivity index (χ0v) is 14.6. The summed E-state index contributed by atoms with van der Waals surface area (Å²) in [5.41, 5.74) is 2.10. The molecular formula is C16H26N2O3S. The second-order valence-corrected chi connectivity index (χ2v) is 7.58. The summed E-state index contributed by atoms with van der Waals surface area (Å²) in [6.45, 7) is 6.43. The average Bonchev–Trinajstić information content (AvgIpc) is 2.44. The van der Waals surface area contributed by atoms with Crippen molar-refractivity contribution in [2.75, 3.05) is 19.3 Å². The van der Waals surface area contributed by atoms with Crippen molar-refractivity contribution >= 4 is 15.9 Å². The lowest BCUT2D eigenvalue weighted by Gasteiger charge is -2.25. The Kier molecular flexibility index (Phi) is 7.03. The number of carbonyl (C=O) groups excluding carboxylic acids is 1. The minimum atomic E-state index is -3.26. The van der Waals surface area contributed by atoms with Crippen LogP contribution in [0.1, 0.15) is 31.4 Å². The number of hydrogen-bond donors (Lipinski definition) is 1. The van der Waals surface area contributed by atoms with Crippen molar-refractivity contribution < 1.29 is 13.2 Å². The van der Waals surface area contributed by atoms with Crippen molar-refractivity contribution in [2.45, 2.75) is 39.7 Å². The van der Waals surface area contributed by atoms with Crippen LogP contribution in [-0.4, -0.2) is 44.0 Å². The molecule has 0 saturated carbocycles. The van der Waals surface area contributed by atoms with E-state index >= 15 is 0 Å². The summed E-state index contributed by atoms with van der Waals surface area (Å²) in [6.07, 6.45) is 2.25. The summed E-state index contributed by atoms with van der Waals surface area (Å²) < 4.78 is 24.9. The molecule has 6 heteroatoms. The fourth-order valence-electron chi connectivity index (χ4n) is 2.18. The monoisotopic (exact) mass is 326 g/mol. The van der Waals surface area contributed by atoms with E-state index in [1.54, 1.807) is 0 Å². The smallest absolute Gasteiger partial charge is 0.224 e. The number of benzene rings is 1. The molecule has 0 bridgehead atoms. The van der Waals surface area contributed by atoms with Gasteiger partial charge in [0.2, 0.25) is 15.9 Å². The maximum atomic E-state index is 11.9. The van der Waals surface area contributed by atoms with Gasteiger partial charge < -0.3 is 5.32 Å². The van der Waals surface area contributed by atoms with Gasteiger partial charge in [-0.15, -0.1) is 0 Å². The van der Waals surface area contributed by atoms with Crippen molar-refractivity contribution in [1.29, 1.82) is 0 Å². The van der Waals surface area contributed by atoms with Crippen LogP contribution < -0.4 is 5.32 Å². The van der Waals surface area contributed by atoms with E-state index in [4.69, 9.17) is 0 Å². The molecule has 0 spiro atoms. The lowest BCUT2D eigenvalue weighted by molar-refractivity contribution is -0.120. The standard InChI is InChI=1S/C16H26N2O3S/c1-5-14(3)18(22(4,20)21)11-10-17-16(19)12-15-8-6-13(2)7-9-15/h6-9,14H,5,10-12H2,1-4H3,(H,17,19). The summed E-state index contributed by atoms with van der Waals surface area (Å²) in [7, 11) is -3.26. The SMILES string of the molecule is CCC(C)N(CCNC(=O)Cc1ccc(C)cc1)S(C)(=O)=O. The zero-order valence-electron chi connectivity index (χ0n) is 13.8. The molecule has 5 nitrogen and oxygen atoms in total. The highest BCUT2D eigenvalue weighted by atomic mass is 32.2. The van der Waals surface area contributed by atoms with E-state index in [0.29, 0.717) is 19.5 Å². The van der Waals surface area contributed by atoms with Crippen LogP contribution in [0, 0.1) is 6.92 Å². The minimum Gasteiger partial charge on any atom is -0.354 e. The Balaban J connectivity index is 2.48. The summed E-state index contributed by atoms with van der Waals surface area (Å²) in [6, 6.07) is 7.73. The third-order valence-corrected chi connectivity index (χ3v) is 5.04. The minimum absolute atomic E-state index is 0.0657. The summed E-state index contributed by atoms with van der Waals surface area (Å²) in [4.78, 5) is 11.9. The number of amides is 1. The third kappa shape index (κ3) is 6.15. The fraction of sp³-hybridized carbons (Fsp3) is 0.562. The fourth-order valence-corrected chi connectivity index (χ4v) is 3.40. The van der Waals surface area contributed by atoms with Gasteiger partial charge in [-0.05, 0) is 25.8 Å². The Labute approximate surface area is 133 Å². The molecule has 1 aromatic carbocycles. The van der Waals surface area contributed by atoms with Gasteiger partial charge in [-0.2, -0.15) is 4.31 Å². The molecule has 1 N–H and O–H groups in total. The Morgan fingerprint density at radius 3 is 2.36 bits per heavy atom. The second-order valence-electron chi connectivity index (χ2n) is 5.64. The van der Waals surface area contributed by atoms with E-state index in [9.17, 15) is 13.2 Å². The number of sulfonamides is 1. The first-order valence-corrected chi connectivity index (χ1v) is 9.38. The van der Waals surface area contributed by atoms with Crippen LogP contribution in [0.4, 0.5) is 0 Å². The van der Waals surface area contributed by atoms with Gasteiger partial charge in [0.25, 0.3) is 0 Å². The van der Waals surface area contributed by atoms with E-state index in [1.165, 1.54) is 10.6 Å². The van der Waals surface area contributed by atoms with Crippen LogP contribution in [0.2, 0.25) is 0 Å². The second kappa shape index (κ2) is 8.29.